The summed E-state index contributed by atoms with van der Waals surface area (Å²) in [6.07, 6.45) is 2.06. The van der Waals surface area contributed by atoms with Crippen LogP contribution in [0.5, 0.6) is 11.5 Å². The van der Waals surface area contributed by atoms with E-state index in [2.05, 4.69) is 28.2 Å². The topological polar surface area (TPSA) is 52.5 Å². The fourth-order valence-electron chi connectivity index (χ4n) is 3.69. The summed E-state index contributed by atoms with van der Waals surface area (Å²) in [6, 6.07) is 20.3. The van der Waals surface area contributed by atoms with Crippen LogP contribution in [-0.2, 0) is 17.9 Å². The molecular weight excluding hydrogens is 427 g/mol. The highest BCUT2D eigenvalue weighted by Gasteiger charge is 2.14. The first-order valence-corrected chi connectivity index (χ1v) is 11.2. The number of carbonyl (C=O) groups excluding carboxylic acids is 1. The second kappa shape index (κ2) is 8.96. The molecule has 0 fully saturated rings. The van der Waals surface area contributed by atoms with Crippen LogP contribution in [0.1, 0.15) is 11.1 Å². The summed E-state index contributed by atoms with van der Waals surface area (Å²) in [7, 11) is 0. The summed E-state index contributed by atoms with van der Waals surface area (Å²) >= 11 is 1.51. The standard InChI is InChI=1S/C25H21FN2O3S/c26-19-8-5-17(6-9-19)13-28-14-24(20-3-1-2-4-21(20)28)32-15-25(29)27-12-18-7-10-22-23(11-18)31-16-30-22/h1-11,14H,12-13,15-16H2,(H,27,29). The number of fused-ring (bicyclic) bond motifs is 2. The lowest BCUT2D eigenvalue weighted by atomic mass is 10.2. The number of aromatic nitrogens is 1. The van der Waals surface area contributed by atoms with E-state index < -0.39 is 0 Å². The summed E-state index contributed by atoms with van der Waals surface area (Å²) < 4.78 is 26.1. The van der Waals surface area contributed by atoms with Crippen molar-refractivity contribution in [3.8, 4) is 11.5 Å². The predicted octanol–water partition coefficient (Wildman–Crippen LogP) is 4.97. The molecule has 7 heteroatoms. The minimum atomic E-state index is -0.242. The van der Waals surface area contributed by atoms with Gasteiger partial charge in [0.05, 0.1) is 5.75 Å². The monoisotopic (exact) mass is 448 g/mol. The second-order valence-electron chi connectivity index (χ2n) is 7.52. The molecule has 1 amide bonds. The molecule has 0 aliphatic carbocycles. The lowest BCUT2D eigenvalue weighted by Crippen LogP contribution is -2.24. The molecule has 1 aliphatic heterocycles. The molecule has 0 saturated carbocycles. The number of halogens is 1. The zero-order chi connectivity index (χ0) is 21.9. The van der Waals surface area contributed by atoms with E-state index in [0.29, 0.717) is 24.6 Å². The van der Waals surface area contributed by atoms with Gasteiger partial charge in [-0.3, -0.25) is 4.79 Å². The quantitative estimate of drug-likeness (QED) is 0.406. The number of amides is 1. The van der Waals surface area contributed by atoms with E-state index in [1.807, 2.05) is 30.3 Å². The first-order chi connectivity index (χ1) is 15.7. The molecule has 5 nitrogen and oxygen atoms in total. The van der Waals surface area contributed by atoms with E-state index in [1.165, 1.54) is 23.9 Å². The summed E-state index contributed by atoms with van der Waals surface area (Å²) in [5, 5.41) is 4.06. The van der Waals surface area contributed by atoms with Crippen molar-refractivity contribution in [2.75, 3.05) is 12.5 Å². The molecule has 0 spiro atoms. The Morgan fingerprint density at radius 3 is 2.66 bits per heavy atom. The Labute approximate surface area is 189 Å². The molecular formula is C25H21FN2O3S. The summed E-state index contributed by atoms with van der Waals surface area (Å²) in [6.45, 7) is 1.30. The van der Waals surface area contributed by atoms with Gasteiger partial charge in [0.1, 0.15) is 5.82 Å². The normalized spacial score (nSPS) is 12.3. The van der Waals surface area contributed by atoms with Gasteiger partial charge in [-0.25, -0.2) is 4.39 Å². The number of nitrogens with one attached hydrogen (secondary N) is 1. The molecule has 5 rings (SSSR count). The largest absolute Gasteiger partial charge is 0.454 e. The lowest BCUT2D eigenvalue weighted by molar-refractivity contribution is -0.118. The van der Waals surface area contributed by atoms with Crippen LogP contribution in [0.2, 0.25) is 0 Å². The van der Waals surface area contributed by atoms with E-state index in [0.717, 1.165) is 32.7 Å². The van der Waals surface area contributed by atoms with Gasteiger partial charge in [-0.2, -0.15) is 0 Å². The van der Waals surface area contributed by atoms with E-state index in [1.54, 1.807) is 12.1 Å². The molecule has 4 aromatic rings. The van der Waals surface area contributed by atoms with Gasteiger partial charge in [0.25, 0.3) is 0 Å². The maximum atomic E-state index is 13.2. The van der Waals surface area contributed by atoms with Crippen LogP contribution in [0.4, 0.5) is 4.39 Å². The average Bonchev–Trinajstić information content (AvgIpc) is 3.42. The Morgan fingerprint density at radius 2 is 1.78 bits per heavy atom. The Morgan fingerprint density at radius 1 is 1.00 bits per heavy atom. The van der Waals surface area contributed by atoms with Crippen molar-refractivity contribution in [2.45, 2.75) is 18.0 Å². The van der Waals surface area contributed by atoms with Gasteiger partial charge < -0.3 is 19.4 Å². The number of thioether (sulfide) groups is 1. The van der Waals surface area contributed by atoms with Gasteiger partial charge in [0.2, 0.25) is 12.7 Å². The van der Waals surface area contributed by atoms with Gasteiger partial charge in [0, 0.05) is 35.1 Å². The Balaban J connectivity index is 1.24. The molecule has 1 aliphatic rings. The maximum Gasteiger partial charge on any atom is 0.231 e. The van der Waals surface area contributed by atoms with Crippen molar-refractivity contribution in [3.63, 3.8) is 0 Å². The highest BCUT2D eigenvalue weighted by atomic mass is 32.2. The minimum absolute atomic E-state index is 0.0389. The molecule has 3 aromatic carbocycles. The molecule has 0 atom stereocenters. The number of hydrogen-bond acceptors (Lipinski definition) is 4. The highest BCUT2D eigenvalue weighted by Crippen LogP contribution is 2.33. The van der Waals surface area contributed by atoms with Crippen molar-refractivity contribution >= 4 is 28.6 Å². The van der Waals surface area contributed by atoms with Crippen LogP contribution in [0.3, 0.4) is 0 Å². The number of benzene rings is 3. The number of para-hydroxylation sites is 1. The van der Waals surface area contributed by atoms with Crippen molar-refractivity contribution in [1.29, 1.82) is 0 Å². The number of rotatable bonds is 7. The number of hydrogen-bond donors (Lipinski definition) is 1. The van der Waals surface area contributed by atoms with E-state index in [4.69, 9.17) is 9.47 Å². The third-order valence-electron chi connectivity index (χ3n) is 5.30. The molecule has 162 valence electrons. The van der Waals surface area contributed by atoms with Crippen molar-refractivity contribution < 1.29 is 18.7 Å². The fraction of sp³-hybridized carbons (Fsp3) is 0.160. The Kier molecular flexibility index (Phi) is 5.73. The molecule has 0 radical (unpaired) electrons. The average molecular weight is 449 g/mol. The van der Waals surface area contributed by atoms with Gasteiger partial charge >= 0.3 is 0 Å². The van der Waals surface area contributed by atoms with Crippen LogP contribution < -0.4 is 14.8 Å². The van der Waals surface area contributed by atoms with Crippen LogP contribution in [0, 0.1) is 5.82 Å². The zero-order valence-corrected chi connectivity index (χ0v) is 18.0. The SMILES string of the molecule is O=C(CSc1cn(Cc2ccc(F)cc2)c2ccccc12)NCc1ccc2c(c1)OCO2. The van der Waals surface area contributed by atoms with Crippen LogP contribution in [0.15, 0.2) is 77.8 Å². The number of carbonyl (C=O) groups is 1. The first-order valence-electron chi connectivity index (χ1n) is 10.3. The Bertz CT molecular complexity index is 1270. The predicted molar refractivity (Wildman–Crippen MR) is 123 cm³/mol. The minimum Gasteiger partial charge on any atom is -0.454 e. The third-order valence-corrected chi connectivity index (χ3v) is 6.35. The van der Waals surface area contributed by atoms with Gasteiger partial charge in [-0.05, 0) is 41.5 Å². The van der Waals surface area contributed by atoms with Gasteiger partial charge in [-0.15, -0.1) is 11.8 Å². The summed E-state index contributed by atoms with van der Waals surface area (Å²) in [5.74, 6) is 1.47. The highest BCUT2D eigenvalue weighted by molar-refractivity contribution is 8.00. The molecule has 32 heavy (non-hydrogen) atoms. The van der Waals surface area contributed by atoms with Crippen LogP contribution in [-0.4, -0.2) is 23.0 Å². The molecule has 1 N–H and O–H groups in total. The van der Waals surface area contributed by atoms with Crippen molar-refractivity contribution in [3.05, 3.63) is 89.9 Å². The van der Waals surface area contributed by atoms with Gasteiger partial charge in [0.15, 0.2) is 11.5 Å². The van der Waals surface area contributed by atoms with E-state index >= 15 is 0 Å². The van der Waals surface area contributed by atoms with Crippen molar-refractivity contribution in [1.82, 2.24) is 9.88 Å². The molecule has 0 saturated heterocycles. The van der Waals surface area contributed by atoms with Crippen molar-refractivity contribution in [2.24, 2.45) is 0 Å². The zero-order valence-electron chi connectivity index (χ0n) is 17.2. The first kappa shape index (κ1) is 20.5. The molecule has 1 aromatic heterocycles. The Hall–Kier alpha value is -3.45. The number of ether oxygens (including phenoxy) is 2. The maximum absolute atomic E-state index is 13.2. The molecule has 0 bridgehead atoms. The fourth-order valence-corrected chi connectivity index (χ4v) is 4.61. The smallest absolute Gasteiger partial charge is 0.231 e. The van der Waals surface area contributed by atoms with Crippen LogP contribution in [0.25, 0.3) is 10.9 Å². The second-order valence-corrected chi connectivity index (χ2v) is 8.54. The van der Waals surface area contributed by atoms with Crippen LogP contribution >= 0.6 is 11.8 Å². The van der Waals surface area contributed by atoms with E-state index in [-0.39, 0.29) is 18.5 Å². The third kappa shape index (κ3) is 4.43. The summed E-state index contributed by atoms with van der Waals surface area (Å²) in [5.41, 5.74) is 3.06. The number of nitrogens with zero attached hydrogens (tertiary/aromatic N) is 1. The van der Waals surface area contributed by atoms with E-state index in [9.17, 15) is 9.18 Å². The lowest BCUT2D eigenvalue weighted by Gasteiger charge is -2.06. The molecule has 2 heterocycles. The van der Waals surface area contributed by atoms with Gasteiger partial charge in [-0.1, -0.05) is 36.4 Å². The summed E-state index contributed by atoms with van der Waals surface area (Å²) in [4.78, 5) is 13.5. The molecule has 0 unspecified atom stereocenters.